The Labute approximate surface area is 113 Å². The summed E-state index contributed by atoms with van der Waals surface area (Å²) in [6.07, 6.45) is 2.54. The Morgan fingerprint density at radius 2 is 1.95 bits per heavy atom. The van der Waals surface area contributed by atoms with Gasteiger partial charge in [0.2, 0.25) is 0 Å². The van der Waals surface area contributed by atoms with Crippen LogP contribution in [-0.2, 0) is 4.74 Å². The first-order valence-corrected chi connectivity index (χ1v) is 6.01. The molecular formula is C15H19NO3. The smallest absolute Gasteiger partial charge is 0.434 e. The zero-order valence-electron chi connectivity index (χ0n) is 11.6. The highest BCUT2D eigenvalue weighted by Crippen LogP contribution is 2.11. The zero-order valence-corrected chi connectivity index (χ0v) is 11.6. The van der Waals surface area contributed by atoms with Gasteiger partial charge >= 0.3 is 6.09 Å². The molecule has 0 aliphatic rings. The Hall–Kier alpha value is -2.10. The van der Waals surface area contributed by atoms with Crippen LogP contribution >= 0.6 is 0 Å². The molecule has 0 bridgehead atoms. The second kappa shape index (κ2) is 6.73. The van der Waals surface area contributed by atoms with Crippen LogP contribution in [0, 0.1) is 0 Å². The maximum atomic E-state index is 11.4. The van der Waals surface area contributed by atoms with Crippen molar-refractivity contribution in [3.63, 3.8) is 0 Å². The van der Waals surface area contributed by atoms with Crippen molar-refractivity contribution in [2.45, 2.75) is 26.4 Å². The molecule has 0 heterocycles. The SMILES string of the molecule is C=CCOc1ccc(/C=N/C(=O)OC(C)(C)C)cc1. The molecule has 0 spiro atoms. The molecule has 102 valence electrons. The summed E-state index contributed by atoms with van der Waals surface area (Å²) >= 11 is 0. The summed E-state index contributed by atoms with van der Waals surface area (Å²) in [7, 11) is 0. The molecule has 0 radical (unpaired) electrons. The molecule has 1 aromatic carbocycles. The van der Waals surface area contributed by atoms with Gasteiger partial charge in [0.25, 0.3) is 0 Å². The first-order valence-electron chi connectivity index (χ1n) is 6.01. The van der Waals surface area contributed by atoms with Crippen LogP contribution in [0.2, 0.25) is 0 Å². The van der Waals surface area contributed by atoms with Gasteiger partial charge in [-0.1, -0.05) is 12.7 Å². The van der Waals surface area contributed by atoms with Crippen molar-refractivity contribution in [3.05, 3.63) is 42.5 Å². The van der Waals surface area contributed by atoms with Crippen molar-refractivity contribution in [1.82, 2.24) is 0 Å². The molecule has 0 N–H and O–H groups in total. The molecule has 0 aromatic heterocycles. The number of benzene rings is 1. The fourth-order valence-corrected chi connectivity index (χ4v) is 1.22. The van der Waals surface area contributed by atoms with Crippen LogP contribution in [0.4, 0.5) is 4.79 Å². The minimum absolute atomic E-state index is 0.464. The molecule has 0 saturated heterocycles. The Kier molecular flexibility index (Phi) is 5.30. The summed E-state index contributed by atoms with van der Waals surface area (Å²) in [6.45, 7) is 9.43. The molecule has 0 atom stereocenters. The summed E-state index contributed by atoms with van der Waals surface area (Å²) in [4.78, 5) is 15.1. The van der Waals surface area contributed by atoms with Gasteiger partial charge < -0.3 is 9.47 Å². The van der Waals surface area contributed by atoms with E-state index < -0.39 is 11.7 Å². The van der Waals surface area contributed by atoms with E-state index in [1.165, 1.54) is 6.21 Å². The maximum Gasteiger partial charge on any atom is 0.434 e. The molecule has 1 aromatic rings. The molecular weight excluding hydrogens is 242 g/mol. The fourth-order valence-electron chi connectivity index (χ4n) is 1.22. The van der Waals surface area contributed by atoms with Gasteiger partial charge in [-0.3, -0.25) is 0 Å². The van der Waals surface area contributed by atoms with Gasteiger partial charge in [0.05, 0.1) is 0 Å². The van der Waals surface area contributed by atoms with Gasteiger partial charge in [-0.15, -0.1) is 0 Å². The lowest BCUT2D eigenvalue weighted by atomic mass is 10.2. The Bertz CT molecular complexity index is 455. The van der Waals surface area contributed by atoms with Gasteiger partial charge in [-0.05, 0) is 50.6 Å². The van der Waals surface area contributed by atoms with E-state index in [9.17, 15) is 4.79 Å². The summed E-state index contributed by atoms with van der Waals surface area (Å²) in [6, 6.07) is 7.23. The van der Waals surface area contributed by atoms with E-state index in [1.807, 2.05) is 12.1 Å². The standard InChI is InChI=1S/C15H19NO3/c1-5-10-18-13-8-6-12(7-9-13)11-16-14(17)19-15(2,3)4/h5-9,11H,1,10H2,2-4H3/b16-11+. The lowest BCUT2D eigenvalue weighted by molar-refractivity contribution is 0.0605. The number of ether oxygens (including phenoxy) is 2. The second-order valence-corrected chi connectivity index (χ2v) is 4.91. The van der Waals surface area contributed by atoms with Gasteiger partial charge in [0, 0.05) is 6.21 Å². The average molecular weight is 261 g/mol. The number of nitrogens with zero attached hydrogens (tertiary/aromatic N) is 1. The van der Waals surface area contributed by atoms with Gasteiger partial charge in [0.15, 0.2) is 0 Å². The van der Waals surface area contributed by atoms with Crippen LogP contribution in [0.5, 0.6) is 5.75 Å². The van der Waals surface area contributed by atoms with E-state index in [0.29, 0.717) is 6.61 Å². The van der Waals surface area contributed by atoms with Crippen molar-refractivity contribution in [1.29, 1.82) is 0 Å². The summed E-state index contributed by atoms with van der Waals surface area (Å²) in [5.41, 5.74) is 0.272. The van der Waals surface area contributed by atoms with Crippen LogP contribution in [0.3, 0.4) is 0 Å². The lowest BCUT2D eigenvalue weighted by Gasteiger charge is -2.17. The summed E-state index contributed by atoms with van der Waals surface area (Å²) < 4.78 is 10.4. The van der Waals surface area contributed by atoms with Crippen molar-refractivity contribution in [3.8, 4) is 5.75 Å². The molecule has 19 heavy (non-hydrogen) atoms. The van der Waals surface area contributed by atoms with Gasteiger partial charge in [0.1, 0.15) is 18.0 Å². The topological polar surface area (TPSA) is 47.9 Å². The Balaban J connectivity index is 2.57. The van der Waals surface area contributed by atoms with E-state index in [1.54, 1.807) is 39.0 Å². The predicted molar refractivity (Wildman–Crippen MR) is 76.0 cm³/mol. The van der Waals surface area contributed by atoms with E-state index in [0.717, 1.165) is 11.3 Å². The first-order chi connectivity index (χ1) is 8.90. The number of rotatable bonds is 4. The highest BCUT2D eigenvalue weighted by molar-refractivity contribution is 5.89. The number of hydrogen-bond acceptors (Lipinski definition) is 3. The maximum absolute atomic E-state index is 11.4. The third-order valence-electron chi connectivity index (χ3n) is 1.96. The number of carbonyl (C=O) groups excluding carboxylic acids is 1. The van der Waals surface area contributed by atoms with E-state index in [4.69, 9.17) is 9.47 Å². The number of amides is 1. The quantitative estimate of drug-likeness (QED) is 0.614. The number of hydrogen-bond donors (Lipinski definition) is 0. The van der Waals surface area contributed by atoms with Crippen molar-refractivity contribution in [2.75, 3.05) is 6.61 Å². The molecule has 0 saturated carbocycles. The predicted octanol–water partition coefficient (Wildman–Crippen LogP) is 3.61. The zero-order chi connectivity index (χ0) is 14.3. The average Bonchev–Trinajstić information content (AvgIpc) is 2.33. The lowest BCUT2D eigenvalue weighted by Crippen LogP contribution is -2.21. The minimum Gasteiger partial charge on any atom is -0.490 e. The molecule has 1 amide bonds. The Morgan fingerprint density at radius 1 is 1.32 bits per heavy atom. The van der Waals surface area contributed by atoms with Gasteiger partial charge in [-0.25, -0.2) is 4.79 Å². The van der Waals surface area contributed by atoms with Crippen LogP contribution in [0.1, 0.15) is 26.3 Å². The molecule has 0 unspecified atom stereocenters. The molecule has 4 heteroatoms. The normalized spacial score (nSPS) is 11.3. The van der Waals surface area contributed by atoms with E-state index in [2.05, 4.69) is 11.6 Å². The van der Waals surface area contributed by atoms with Crippen molar-refractivity contribution < 1.29 is 14.3 Å². The number of aliphatic imine (C=N–C) groups is 1. The number of carbonyl (C=O) groups is 1. The second-order valence-electron chi connectivity index (χ2n) is 4.91. The highest BCUT2D eigenvalue weighted by Gasteiger charge is 2.14. The molecule has 0 fully saturated rings. The van der Waals surface area contributed by atoms with Crippen LogP contribution < -0.4 is 4.74 Å². The minimum atomic E-state index is -0.598. The van der Waals surface area contributed by atoms with Crippen LogP contribution in [0.15, 0.2) is 41.9 Å². The third-order valence-corrected chi connectivity index (χ3v) is 1.96. The highest BCUT2D eigenvalue weighted by atomic mass is 16.6. The third kappa shape index (κ3) is 6.41. The summed E-state index contributed by atoms with van der Waals surface area (Å²) in [5.74, 6) is 0.745. The van der Waals surface area contributed by atoms with Crippen LogP contribution in [0.25, 0.3) is 0 Å². The Morgan fingerprint density at radius 3 is 2.47 bits per heavy atom. The molecule has 0 aliphatic heterocycles. The molecule has 4 nitrogen and oxygen atoms in total. The molecule has 0 aliphatic carbocycles. The largest absolute Gasteiger partial charge is 0.490 e. The van der Waals surface area contributed by atoms with Gasteiger partial charge in [-0.2, -0.15) is 4.99 Å². The van der Waals surface area contributed by atoms with E-state index >= 15 is 0 Å². The molecule has 1 rings (SSSR count). The van der Waals surface area contributed by atoms with E-state index in [-0.39, 0.29) is 0 Å². The first kappa shape index (κ1) is 15.0. The van der Waals surface area contributed by atoms with Crippen molar-refractivity contribution >= 4 is 12.3 Å². The van der Waals surface area contributed by atoms with Crippen molar-refractivity contribution in [2.24, 2.45) is 4.99 Å². The van der Waals surface area contributed by atoms with Crippen LogP contribution in [-0.4, -0.2) is 24.5 Å². The monoisotopic (exact) mass is 261 g/mol. The fraction of sp³-hybridized carbons (Fsp3) is 0.333. The summed E-state index contributed by atoms with van der Waals surface area (Å²) in [5, 5.41) is 0.